The van der Waals surface area contributed by atoms with E-state index < -0.39 is 0 Å². The Morgan fingerprint density at radius 3 is 3.04 bits per heavy atom. The smallest absolute Gasteiger partial charge is 0.228 e. The van der Waals surface area contributed by atoms with Crippen LogP contribution in [0.2, 0.25) is 0 Å². The quantitative estimate of drug-likeness (QED) is 0.672. The fourth-order valence-electron chi connectivity index (χ4n) is 3.76. The number of thiazole rings is 1. The van der Waals surface area contributed by atoms with Crippen molar-refractivity contribution in [2.24, 2.45) is 5.92 Å². The lowest BCUT2D eigenvalue weighted by Gasteiger charge is -2.16. The largest absolute Gasteiger partial charge is 0.361 e. The zero-order valence-electron chi connectivity index (χ0n) is 15.9. The lowest BCUT2D eigenvalue weighted by molar-refractivity contribution is -0.130. The monoisotopic (exact) mass is 396 g/mol. The predicted octanol–water partition coefficient (Wildman–Crippen LogP) is 2.68. The molecule has 0 bridgehead atoms. The van der Waals surface area contributed by atoms with Gasteiger partial charge in [0.05, 0.1) is 23.0 Å². The molecule has 1 aliphatic heterocycles. The van der Waals surface area contributed by atoms with Crippen LogP contribution in [-0.2, 0) is 22.4 Å². The summed E-state index contributed by atoms with van der Waals surface area (Å²) >= 11 is 1.55. The SMILES string of the molecule is Cc1nc(CC(=O)N2CC[C@@H](C(=O)NCCc3c[nH]c4ccccc34)C2)cs1. The Kier molecular flexibility index (Phi) is 5.43. The molecule has 1 saturated heterocycles. The number of aromatic amines is 1. The zero-order chi connectivity index (χ0) is 19.5. The van der Waals surface area contributed by atoms with E-state index in [1.807, 2.05) is 30.6 Å². The van der Waals surface area contributed by atoms with Crippen molar-refractivity contribution in [3.8, 4) is 0 Å². The van der Waals surface area contributed by atoms with Gasteiger partial charge in [-0.15, -0.1) is 11.3 Å². The topological polar surface area (TPSA) is 78.1 Å². The standard InChI is InChI=1S/C21H24N4O2S/c1-14-24-17(13-28-14)10-20(26)25-9-7-16(12-25)21(27)22-8-6-15-11-23-19-5-3-2-4-18(15)19/h2-5,11,13,16,23H,6-10,12H2,1H3,(H,22,27)/t16-/m1/s1. The van der Waals surface area contributed by atoms with Gasteiger partial charge in [0.15, 0.2) is 0 Å². The summed E-state index contributed by atoms with van der Waals surface area (Å²) < 4.78 is 0. The summed E-state index contributed by atoms with van der Waals surface area (Å²) in [4.78, 5) is 34.3. The molecule has 1 aliphatic rings. The van der Waals surface area contributed by atoms with E-state index in [9.17, 15) is 9.59 Å². The van der Waals surface area contributed by atoms with Crippen LogP contribution in [0, 0.1) is 12.8 Å². The third-order valence-corrected chi connectivity index (χ3v) is 6.10. The number of likely N-dealkylation sites (tertiary alicyclic amines) is 1. The number of benzene rings is 1. The summed E-state index contributed by atoms with van der Waals surface area (Å²) in [5, 5.41) is 7.14. The predicted molar refractivity (Wildman–Crippen MR) is 110 cm³/mol. The van der Waals surface area contributed by atoms with Crippen molar-refractivity contribution in [1.29, 1.82) is 0 Å². The molecule has 2 aromatic heterocycles. The van der Waals surface area contributed by atoms with Crippen molar-refractivity contribution in [2.75, 3.05) is 19.6 Å². The van der Waals surface area contributed by atoms with E-state index in [2.05, 4.69) is 27.4 Å². The lowest BCUT2D eigenvalue weighted by Crippen LogP contribution is -2.36. The number of carbonyl (C=O) groups excluding carboxylic acids is 2. The van der Waals surface area contributed by atoms with E-state index >= 15 is 0 Å². The molecule has 2 N–H and O–H groups in total. The summed E-state index contributed by atoms with van der Waals surface area (Å²) in [7, 11) is 0. The zero-order valence-corrected chi connectivity index (χ0v) is 16.7. The first-order valence-electron chi connectivity index (χ1n) is 9.61. The van der Waals surface area contributed by atoms with Crippen molar-refractivity contribution in [3.05, 3.63) is 52.1 Å². The van der Waals surface area contributed by atoms with Crippen LogP contribution in [0.15, 0.2) is 35.8 Å². The minimum Gasteiger partial charge on any atom is -0.361 e. The Morgan fingerprint density at radius 1 is 1.36 bits per heavy atom. The second kappa shape index (κ2) is 8.14. The Hall–Kier alpha value is -2.67. The summed E-state index contributed by atoms with van der Waals surface area (Å²) in [6, 6.07) is 8.17. The molecule has 1 aromatic carbocycles. The average molecular weight is 397 g/mol. The van der Waals surface area contributed by atoms with Gasteiger partial charge in [-0.3, -0.25) is 9.59 Å². The fourth-order valence-corrected chi connectivity index (χ4v) is 4.37. The Bertz CT molecular complexity index is 993. The maximum Gasteiger partial charge on any atom is 0.228 e. The Labute approximate surface area is 168 Å². The Balaban J connectivity index is 1.25. The minimum atomic E-state index is -0.121. The van der Waals surface area contributed by atoms with Crippen molar-refractivity contribution in [1.82, 2.24) is 20.2 Å². The highest BCUT2D eigenvalue weighted by Gasteiger charge is 2.31. The fraction of sp³-hybridized carbons (Fsp3) is 0.381. The molecule has 0 unspecified atom stereocenters. The first kappa shape index (κ1) is 18.7. The van der Waals surface area contributed by atoms with Crippen LogP contribution < -0.4 is 5.32 Å². The molecule has 3 aromatic rings. The molecular formula is C21H24N4O2S. The van der Waals surface area contributed by atoms with Gasteiger partial charge in [-0.05, 0) is 31.4 Å². The van der Waals surface area contributed by atoms with Gasteiger partial charge in [-0.1, -0.05) is 18.2 Å². The number of aryl methyl sites for hydroxylation is 1. The van der Waals surface area contributed by atoms with Crippen LogP contribution in [0.4, 0.5) is 0 Å². The summed E-state index contributed by atoms with van der Waals surface area (Å²) in [5.41, 5.74) is 3.14. The molecule has 0 spiro atoms. The summed E-state index contributed by atoms with van der Waals surface area (Å²) in [6.45, 7) is 3.68. The Morgan fingerprint density at radius 2 is 2.21 bits per heavy atom. The van der Waals surface area contributed by atoms with Gasteiger partial charge >= 0.3 is 0 Å². The van der Waals surface area contributed by atoms with Gasteiger partial charge in [0.25, 0.3) is 0 Å². The number of fused-ring (bicyclic) bond motifs is 1. The molecule has 0 saturated carbocycles. The molecule has 1 atom stereocenters. The molecule has 146 valence electrons. The van der Waals surface area contributed by atoms with Crippen molar-refractivity contribution < 1.29 is 9.59 Å². The molecule has 3 heterocycles. The van der Waals surface area contributed by atoms with Crippen LogP contribution in [0.5, 0.6) is 0 Å². The maximum atomic E-state index is 12.5. The van der Waals surface area contributed by atoms with E-state index in [1.54, 1.807) is 16.2 Å². The van der Waals surface area contributed by atoms with Crippen LogP contribution >= 0.6 is 11.3 Å². The molecule has 1 fully saturated rings. The number of aromatic nitrogens is 2. The van der Waals surface area contributed by atoms with E-state index in [0.717, 1.165) is 29.1 Å². The van der Waals surface area contributed by atoms with Gasteiger partial charge in [-0.25, -0.2) is 4.98 Å². The molecule has 28 heavy (non-hydrogen) atoms. The van der Waals surface area contributed by atoms with E-state index in [0.29, 0.717) is 26.1 Å². The molecular weight excluding hydrogens is 372 g/mol. The van der Waals surface area contributed by atoms with Crippen LogP contribution in [0.1, 0.15) is 22.7 Å². The molecule has 7 heteroatoms. The van der Waals surface area contributed by atoms with Crippen LogP contribution in [0.25, 0.3) is 10.9 Å². The van der Waals surface area contributed by atoms with E-state index in [1.165, 1.54) is 10.9 Å². The number of para-hydroxylation sites is 1. The molecule has 0 radical (unpaired) electrons. The number of H-pyrrole nitrogens is 1. The number of hydrogen-bond donors (Lipinski definition) is 2. The highest BCUT2D eigenvalue weighted by atomic mass is 32.1. The minimum absolute atomic E-state index is 0.0413. The third kappa shape index (κ3) is 4.09. The molecule has 6 nitrogen and oxygen atoms in total. The number of hydrogen-bond acceptors (Lipinski definition) is 4. The van der Waals surface area contributed by atoms with E-state index in [-0.39, 0.29) is 17.7 Å². The number of carbonyl (C=O) groups is 2. The number of nitrogens with zero attached hydrogens (tertiary/aromatic N) is 2. The first-order valence-corrected chi connectivity index (χ1v) is 10.5. The highest BCUT2D eigenvalue weighted by molar-refractivity contribution is 7.09. The highest BCUT2D eigenvalue weighted by Crippen LogP contribution is 2.20. The average Bonchev–Trinajstić information content (AvgIpc) is 3.42. The maximum absolute atomic E-state index is 12.5. The van der Waals surface area contributed by atoms with Gasteiger partial charge in [0.2, 0.25) is 11.8 Å². The summed E-state index contributed by atoms with van der Waals surface area (Å²) in [5.74, 6) is -0.0249. The van der Waals surface area contributed by atoms with Crippen molar-refractivity contribution in [3.63, 3.8) is 0 Å². The third-order valence-electron chi connectivity index (χ3n) is 5.28. The number of amides is 2. The van der Waals surface area contributed by atoms with Crippen molar-refractivity contribution in [2.45, 2.75) is 26.2 Å². The molecule has 0 aliphatic carbocycles. The van der Waals surface area contributed by atoms with Gasteiger partial charge in [0.1, 0.15) is 0 Å². The van der Waals surface area contributed by atoms with Gasteiger partial charge < -0.3 is 15.2 Å². The second-order valence-corrected chi connectivity index (χ2v) is 8.32. The van der Waals surface area contributed by atoms with Crippen LogP contribution in [-0.4, -0.2) is 46.3 Å². The first-order chi connectivity index (χ1) is 13.6. The van der Waals surface area contributed by atoms with Crippen LogP contribution in [0.3, 0.4) is 0 Å². The molecule has 2 amide bonds. The second-order valence-electron chi connectivity index (χ2n) is 7.26. The normalized spacial score (nSPS) is 16.6. The molecule has 4 rings (SSSR count). The van der Waals surface area contributed by atoms with E-state index in [4.69, 9.17) is 0 Å². The lowest BCUT2D eigenvalue weighted by atomic mass is 10.1. The van der Waals surface area contributed by atoms with Gasteiger partial charge in [-0.2, -0.15) is 0 Å². The van der Waals surface area contributed by atoms with Crippen molar-refractivity contribution >= 4 is 34.1 Å². The summed E-state index contributed by atoms with van der Waals surface area (Å²) in [6.07, 6.45) is 3.83. The number of nitrogens with one attached hydrogen (secondary N) is 2. The van der Waals surface area contributed by atoms with Gasteiger partial charge in [0, 0.05) is 42.1 Å². The number of rotatable bonds is 6.